The lowest BCUT2D eigenvalue weighted by Gasteiger charge is -2.19. The van der Waals surface area contributed by atoms with Crippen LogP contribution >= 0.6 is 0 Å². The third-order valence-electron chi connectivity index (χ3n) is 5.76. The Bertz CT molecular complexity index is 705. The molecule has 0 bridgehead atoms. The Morgan fingerprint density at radius 2 is 1.92 bits per heavy atom. The molecule has 2 aromatic rings. The lowest BCUT2D eigenvalue weighted by molar-refractivity contribution is -0.130. The third-order valence-corrected chi connectivity index (χ3v) is 5.76. The minimum atomic E-state index is 0.278. The van der Waals surface area contributed by atoms with Gasteiger partial charge in [-0.2, -0.15) is 0 Å². The van der Waals surface area contributed by atoms with Gasteiger partial charge in [0.2, 0.25) is 5.91 Å². The van der Waals surface area contributed by atoms with E-state index in [1.165, 1.54) is 25.7 Å². The first-order valence-corrected chi connectivity index (χ1v) is 9.54. The maximum Gasteiger partial charge on any atom is 0.222 e. The van der Waals surface area contributed by atoms with Gasteiger partial charge in [0.05, 0.1) is 6.04 Å². The van der Waals surface area contributed by atoms with Gasteiger partial charge in [0, 0.05) is 25.1 Å². The number of hydrogen-bond donors (Lipinski definition) is 0. The fraction of sp³-hybridized carbons (Fsp3) is 0.550. The van der Waals surface area contributed by atoms with Crippen molar-refractivity contribution in [3.8, 4) is 11.4 Å². The molecule has 1 aromatic heterocycles. The molecule has 2 fully saturated rings. The van der Waals surface area contributed by atoms with E-state index in [1.807, 2.05) is 23.1 Å². The van der Waals surface area contributed by atoms with Gasteiger partial charge in [-0.25, -0.2) is 0 Å². The Labute approximate surface area is 149 Å². The van der Waals surface area contributed by atoms with Crippen LogP contribution < -0.4 is 0 Å². The van der Waals surface area contributed by atoms with Crippen molar-refractivity contribution in [2.75, 3.05) is 13.1 Å². The van der Waals surface area contributed by atoms with E-state index in [1.54, 1.807) is 6.33 Å². The van der Waals surface area contributed by atoms with E-state index in [2.05, 4.69) is 26.9 Å². The van der Waals surface area contributed by atoms with Crippen LogP contribution in [0.15, 0.2) is 36.7 Å². The number of carbonyl (C=O) groups is 1. The van der Waals surface area contributed by atoms with E-state index in [4.69, 9.17) is 0 Å². The van der Waals surface area contributed by atoms with Gasteiger partial charge in [-0.1, -0.05) is 56.0 Å². The molecule has 2 aliphatic rings. The Kier molecular flexibility index (Phi) is 4.81. The van der Waals surface area contributed by atoms with Gasteiger partial charge in [-0.05, 0) is 18.8 Å². The number of hydrogen-bond acceptors (Lipinski definition) is 3. The summed E-state index contributed by atoms with van der Waals surface area (Å²) in [5.74, 6) is 2.00. The summed E-state index contributed by atoms with van der Waals surface area (Å²) in [7, 11) is 0. The zero-order valence-electron chi connectivity index (χ0n) is 14.7. The van der Waals surface area contributed by atoms with Gasteiger partial charge in [-0.3, -0.25) is 4.79 Å². The second-order valence-electron chi connectivity index (χ2n) is 7.40. The lowest BCUT2D eigenvalue weighted by Crippen LogP contribution is -2.29. The maximum atomic E-state index is 12.6. The Morgan fingerprint density at radius 1 is 1.12 bits per heavy atom. The van der Waals surface area contributed by atoms with Crippen LogP contribution in [-0.2, 0) is 4.79 Å². The molecule has 1 aliphatic carbocycles. The molecule has 4 rings (SSSR count). The summed E-state index contributed by atoms with van der Waals surface area (Å²) in [6.07, 6.45) is 9.90. The molecule has 132 valence electrons. The first-order valence-electron chi connectivity index (χ1n) is 9.54. The second-order valence-corrected chi connectivity index (χ2v) is 7.40. The Balaban J connectivity index is 1.38. The highest BCUT2D eigenvalue weighted by Crippen LogP contribution is 2.30. The number of amides is 1. The predicted molar refractivity (Wildman–Crippen MR) is 96.9 cm³/mol. The number of carbonyl (C=O) groups excluding carboxylic acids is 1. The van der Waals surface area contributed by atoms with Crippen molar-refractivity contribution in [3.63, 3.8) is 0 Å². The minimum absolute atomic E-state index is 0.278. The molecule has 1 aromatic carbocycles. The van der Waals surface area contributed by atoms with Crippen LogP contribution in [0.2, 0.25) is 0 Å². The van der Waals surface area contributed by atoms with Crippen molar-refractivity contribution in [1.82, 2.24) is 19.7 Å². The quantitative estimate of drug-likeness (QED) is 0.835. The van der Waals surface area contributed by atoms with Crippen molar-refractivity contribution in [2.45, 2.75) is 51.0 Å². The van der Waals surface area contributed by atoms with Crippen LogP contribution in [-0.4, -0.2) is 38.7 Å². The van der Waals surface area contributed by atoms with Gasteiger partial charge in [-0.15, -0.1) is 10.2 Å². The maximum absolute atomic E-state index is 12.6. The zero-order chi connectivity index (χ0) is 17.1. The molecule has 0 N–H and O–H groups in total. The molecule has 1 atom stereocenters. The average molecular weight is 338 g/mol. The molecule has 25 heavy (non-hydrogen) atoms. The molecular weight excluding hydrogens is 312 g/mol. The zero-order valence-corrected chi connectivity index (χ0v) is 14.7. The van der Waals surface area contributed by atoms with Gasteiger partial charge in [0.25, 0.3) is 0 Å². The van der Waals surface area contributed by atoms with Crippen molar-refractivity contribution in [2.24, 2.45) is 5.92 Å². The second kappa shape index (κ2) is 7.38. The van der Waals surface area contributed by atoms with E-state index in [9.17, 15) is 4.79 Å². The van der Waals surface area contributed by atoms with Crippen LogP contribution in [0, 0.1) is 5.92 Å². The third kappa shape index (κ3) is 3.60. The molecule has 1 amide bonds. The van der Waals surface area contributed by atoms with E-state index >= 15 is 0 Å². The largest absolute Gasteiger partial charge is 0.341 e. The van der Waals surface area contributed by atoms with Gasteiger partial charge in [0.1, 0.15) is 6.33 Å². The van der Waals surface area contributed by atoms with Crippen molar-refractivity contribution >= 4 is 5.91 Å². The summed E-state index contributed by atoms with van der Waals surface area (Å²) < 4.78 is 2.14. The highest BCUT2D eigenvalue weighted by molar-refractivity contribution is 5.76. The Morgan fingerprint density at radius 3 is 2.72 bits per heavy atom. The molecule has 1 saturated carbocycles. The number of likely N-dealkylation sites (tertiary alicyclic amines) is 1. The van der Waals surface area contributed by atoms with Gasteiger partial charge in [0.15, 0.2) is 5.82 Å². The van der Waals surface area contributed by atoms with Crippen molar-refractivity contribution in [1.29, 1.82) is 0 Å². The summed E-state index contributed by atoms with van der Waals surface area (Å²) >= 11 is 0. The van der Waals surface area contributed by atoms with Crippen LogP contribution in [0.25, 0.3) is 11.4 Å². The van der Waals surface area contributed by atoms with E-state index < -0.39 is 0 Å². The summed E-state index contributed by atoms with van der Waals surface area (Å²) in [6, 6.07) is 10.4. The first kappa shape index (κ1) is 16.3. The van der Waals surface area contributed by atoms with Crippen LogP contribution in [0.3, 0.4) is 0 Å². The van der Waals surface area contributed by atoms with Crippen molar-refractivity contribution in [3.05, 3.63) is 36.7 Å². The highest BCUT2D eigenvalue weighted by Gasteiger charge is 2.29. The topological polar surface area (TPSA) is 51.0 Å². The highest BCUT2D eigenvalue weighted by atomic mass is 16.2. The molecule has 1 saturated heterocycles. The smallest absolute Gasteiger partial charge is 0.222 e. The molecule has 2 heterocycles. The predicted octanol–water partition coefficient (Wildman–Crippen LogP) is 3.69. The standard InChI is InChI=1S/C20H26N4O/c25-19(11-10-16-6-4-5-7-16)23-13-12-18(14-23)24-15-21-22-20(24)17-8-2-1-3-9-17/h1-3,8-9,15-16,18H,4-7,10-14H2. The number of rotatable bonds is 5. The summed E-state index contributed by atoms with van der Waals surface area (Å²) in [5, 5.41) is 8.41. The lowest BCUT2D eigenvalue weighted by atomic mass is 10.0. The van der Waals surface area contributed by atoms with Crippen molar-refractivity contribution < 1.29 is 4.79 Å². The number of nitrogens with zero attached hydrogens (tertiary/aromatic N) is 4. The molecule has 0 radical (unpaired) electrons. The van der Waals surface area contributed by atoms with Gasteiger partial charge >= 0.3 is 0 Å². The summed E-state index contributed by atoms with van der Waals surface area (Å²) in [6.45, 7) is 1.63. The fourth-order valence-electron chi connectivity index (χ4n) is 4.28. The summed E-state index contributed by atoms with van der Waals surface area (Å²) in [4.78, 5) is 14.6. The number of aromatic nitrogens is 3. The van der Waals surface area contributed by atoms with E-state index in [0.29, 0.717) is 12.3 Å². The Hall–Kier alpha value is -2.17. The number of benzene rings is 1. The SMILES string of the molecule is O=C(CCC1CCCC1)N1CCC(n2cnnc2-c2ccccc2)C1. The van der Waals surface area contributed by atoms with E-state index in [0.717, 1.165) is 43.2 Å². The molecular formula is C20H26N4O. The van der Waals surface area contributed by atoms with Crippen LogP contribution in [0.4, 0.5) is 0 Å². The molecule has 1 unspecified atom stereocenters. The van der Waals surface area contributed by atoms with Crippen LogP contribution in [0.5, 0.6) is 0 Å². The first-order chi connectivity index (χ1) is 12.3. The monoisotopic (exact) mass is 338 g/mol. The van der Waals surface area contributed by atoms with Gasteiger partial charge < -0.3 is 9.47 Å². The van der Waals surface area contributed by atoms with E-state index in [-0.39, 0.29) is 6.04 Å². The minimum Gasteiger partial charge on any atom is -0.341 e. The molecule has 5 nitrogen and oxygen atoms in total. The molecule has 0 spiro atoms. The summed E-state index contributed by atoms with van der Waals surface area (Å²) in [5.41, 5.74) is 1.08. The molecule has 1 aliphatic heterocycles. The molecule has 5 heteroatoms. The van der Waals surface area contributed by atoms with Crippen LogP contribution in [0.1, 0.15) is 51.0 Å². The fourth-order valence-corrected chi connectivity index (χ4v) is 4.28. The average Bonchev–Trinajstić information content (AvgIpc) is 3.41. The normalized spacial score (nSPS) is 21.1.